The molecular weight excluding hydrogens is 301 g/mol. The van der Waals surface area contributed by atoms with Crippen molar-refractivity contribution in [3.05, 3.63) is 57.3 Å². The van der Waals surface area contributed by atoms with Crippen molar-refractivity contribution >= 4 is 32.8 Å². The molecule has 2 heterocycles. The van der Waals surface area contributed by atoms with Gasteiger partial charge in [-0.25, -0.2) is 4.39 Å². The lowest BCUT2D eigenvalue weighted by Crippen LogP contribution is -2.20. The van der Waals surface area contributed by atoms with Crippen LogP contribution in [0, 0.1) is 5.82 Å². The van der Waals surface area contributed by atoms with E-state index in [-0.39, 0.29) is 5.82 Å². The molecular formula is C17H18FNS2. The average molecular weight is 319 g/mol. The Morgan fingerprint density at radius 3 is 2.90 bits per heavy atom. The fourth-order valence-corrected chi connectivity index (χ4v) is 4.44. The van der Waals surface area contributed by atoms with Crippen molar-refractivity contribution in [2.45, 2.75) is 25.8 Å². The Kier molecular flexibility index (Phi) is 4.68. The molecule has 3 rings (SSSR count). The Balaban J connectivity index is 1.80. The van der Waals surface area contributed by atoms with Crippen LogP contribution < -0.4 is 5.32 Å². The van der Waals surface area contributed by atoms with E-state index in [9.17, 15) is 4.39 Å². The second kappa shape index (κ2) is 6.69. The minimum atomic E-state index is -0.158. The number of thiophene rings is 2. The van der Waals surface area contributed by atoms with Gasteiger partial charge in [-0.1, -0.05) is 13.0 Å². The van der Waals surface area contributed by atoms with Crippen molar-refractivity contribution in [3.8, 4) is 0 Å². The number of halogens is 1. The third-order valence-electron chi connectivity index (χ3n) is 3.60. The zero-order chi connectivity index (χ0) is 14.7. The van der Waals surface area contributed by atoms with Crippen LogP contribution >= 0.6 is 22.7 Å². The summed E-state index contributed by atoms with van der Waals surface area (Å²) in [5.41, 5.74) is 1.40. The lowest BCUT2D eigenvalue weighted by Gasteiger charge is -2.15. The standard InChI is InChI=1S/C17H18FNS2/c1-2-19-15(6-3-12-7-8-20-11-12)17-9-13-4-5-14(18)10-16(13)21-17/h4-5,7-11,15,19H,2-3,6H2,1H3. The second-order valence-electron chi connectivity index (χ2n) is 5.11. The molecule has 1 N–H and O–H groups in total. The van der Waals surface area contributed by atoms with Crippen LogP contribution in [0.2, 0.25) is 0 Å². The lowest BCUT2D eigenvalue weighted by molar-refractivity contribution is 0.523. The zero-order valence-corrected chi connectivity index (χ0v) is 13.6. The van der Waals surface area contributed by atoms with Gasteiger partial charge in [-0.05, 0) is 65.4 Å². The van der Waals surface area contributed by atoms with Gasteiger partial charge in [-0.2, -0.15) is 11.3 Å². The van der Waals surface area contributed by atoms with Crippen LogP contribution in [-0.2, 0) is 6.42 Å². The third-order valence-corrected chi connectivity index (χ3v) is 5.54. The average Bonchev–Trinajstić information content (AvgIpc) is 3.11. The number of nitrogens with one attached hydrogen (secondary N) is 1. The summed E-state index contributed by atoms with van der Waals surface area (Å²) in [5, 5.41) is 9.03. The van der Waals surface area contributed by atoms with E-state index in [1.54, 1.807) is 28.7 Å². The van der Waals surface area contributed by atoms with Gasteiger partial charge in [-0.3, -0.25) is 0 Å². The molecule has 3 aromatic rings. The van der Waals surface area contributed by atoms with Crippen LogP contribution in [0.15, 0.2) is 41.1 Å². The fraction of sp³-hybridized carbons (Fsp3) is 0.294. The van der Waals surface area contributed by atoms with Gasteiger partial charge in [0.25, 0.3) is 0 Å². The van der Waals surface area contributed by atoms with E-state index < -0.39 is 0 Å². The molecule has 0 aliphatic heterocycles. The van der Waals surface area contributed by atoms with Crippen LogP contribution in [0.1, 0.15) is 29.8 Å². The first-order chi connectivity index (χ1) is 10.3. The van der Waals surface area contributed by atoms with Crippen LogP contribution in [0.25, 0.3) is 10.1 Å². The number of aryl methyl sites for hydroxylation is 1. The molecule has 1 atom stereocenters. The first-order valence-corrected chi connectivity index (χ1v) is 8.95. The molecule has 2 aromatic heterocycles. The molecule has 0 spiro atoms. The van der Waals surface area contributed by atoms with E-state index in [2.05, 4.69) is 35.1 Å². The van der Waals surface area contributed by atoms with Gasteiger partial charge >= 0.3 is 0 Å². The maximum atomic E-state index is 13.3. The first kappa shape index (κ1) is 14.7. The van der Waals surface area contributed by atoms with Gasteiger partial charge < -0.3 is 5.32 Å². The van der Waals surface area contributed by atoms with E-state index in [1.165, 1.54) is 16.5 Å². The first-order valence-electron chi connectivity index (χ1n) is 7.19. The zero-order valence-electron chi connectivity index (χ0n) is 11.9. The highest BCUT2D eigenvalue weighted by atomic mass is 32.1. The monoisotopic (exact) mass is 319 g/mol. The molecule has 0 amide bonds. The minimum absolute atomic E-state index is 0.158. The fourth-order valence-electron chi connectivity index (χ4n) is 2.53. The van der Waals surface area contributed by atoms with Gasteiger partial charge in [0.05, 0.1) is 0 Å². The lowest BCUT2D eigenvalue weighted by atomic mass is 10.1. The molecule has 1 unspecified atom stereocenters. The molecule has 0 aliphatic carbocycles. The molecule has 0 bridgehead atoms. The second-order valence-corrected chi connectivity index (χ2v) is 7.01. The molecule has 110 valence electrons. The molecule has 0 saturated carbocycles. The summed E-state index contributed by atoms with van der Waals surface area (Å²) < 4.78 is 14.4. The predicted molar refractivity (Wildman–Crippen MR) is 90.8 cm³/mol. The summed E-state index contributed by atoms with van der Waals surface area (Å²) in [7, 11) is 0. The maximum absolute atomic E-state index is 13.3. The summed E-state index contributed by atoms with van der Waals surface area (Å²) in [5.74, 6) is -0.158. The maximum Gasteiger partial charge on any atom is 0.124 e. The van der Waals surface area contributed by atoms with E-state index in [4.69, 9.17) is 0 Å². The summed E-state index contributed by atoms with van der Waals surface area (Å²) in [6.45, 7) is 3.07. The Labute approximate surface area is 132 Å². The van der Waals surface area contributed by atoms with Crippen LogP contribution in [0.4, 0.5) is 4.39 Å². The van der Waals surface area contributed by atoms with Crippen LogP contribution in [0.5, 0.6) is 0 Å². The summed E-state index contributed by atoms with van der Waals surface area (Å²) in [6, 6.07) is 9.76. The Morgan fingerprint density at radius 2 is 2.14 bits per heavy atom. The number of benzene rings is 1. The van der Waals surface area contributed by atoms with E-state index >= 15 is 0 Å². The summed E-state index contributed by atoms with van der Waals surface area (Å²) in [4.78, 5) is 1.30. The quantitative estimate of drug-likeness (QED) is 0.642. The molecule has 1 aromatic carbocycles. The van der Waals surface area contributed by atoms with Crippen LogP contribution in [0.3, 0.4) is 0 Å². The van der Waals surface area contributed by atoms with Crippen molar-refractivity contribution in [1.29, 1.82) is 0 Å². The Bertz CT molecular complexity index is 703. The highest BCUT2D eigenvalue weighted by molar-refractivity contribution is 7.19. The Morgan fingerprint density at radius 1 is 1.24 bits per heavy atom. The van der Waals surface area contributed by atoms with Crippen molar-refractivity contribution in [2.75, 3.05) is 6.54 Å². The highest BCUT2D eigenvalue weighted by Crippen LogP contribution is 2.32. The molecule has 1 nitrogen and oxygen atoms in total. The number of rotatable bonds is 6. The van der Waals surface area contributed by atoms with Gasteiger partial charge in [0.1, 0.15) is 5.82 Å². The smallest absolute Gasteiger partial charge is 0.124 e. The minimum Gasteiger partial charge on any atom is -0.310 e. The molecule has 21 heavy (non-hydrogen) atoms. The highest BCUT2D eigenvalue weighted by Gasteiger charge is 2.14. The molecule has 4 heteroatoms. The van der Waals surface area contributed by atoms with Gasteiger partial charge in [-0.15, -0.1) is 11.3 Å². The largest absolute Gasteiger partial charge is 0.310 e. The third kappa shape index (κ3) is 3.51. The molecule has 0 saturated heterocycles. The van der Waals surface area contributed by atoms with E-state index in [0.29, 0.717) is 6.04 Å². The number of fused-ring (bicyclic) bond motifs is 1. The van der Waals surface area contributed by atoms with Crippen LogP contribution in [-0.4, -0.2) is 6.54 Å². The SMILES string of the molecule is CCNC(CCc1ccsc1)c1cc2ccc(F)cc2s1. The molecule has 0 radical (unpaired) electrons. The van der Waals surface area contributed by atoms with Gasteiger partial charge in [0, 0.05) is 15.6 Å². The summed E-state index contributed by atoms with van der Waals surface area (Å²) in [6.07, 6.45) is 2.14. The number of hydrogen-bond donors (Lipinski definition) is 1. The number of hydrogen-bond acceptors (Lipinski definition) is 3. The van der Waals surface area contributed by atoms with Crippen molar-refractivity contribution < 1.29 is 4.39 Å². The van der Waals surface area contributed by atoms with E-state index in [1.807, 2.05) is 6.07 Å². The normalized spacial score (nSPS) is 12.9. The predicted octanol–water partition coefficient (Wildman–Crippen LogP) is 5.39. The van der Waals surface area contributed by atoms with Gasteiger partial charge in [0.2, 0.25) is 0 Å². The van der Waals surface area contributed by atoms with Crippen molar-refractivity contribution in [2.24, 2.45) is 0 Å². The van der Waals surface area contributed by atoms with Gasteiger partial charge in [0.15, 0.2) is 0 Å². The molecule has 0 aliphatic rings. The van der Waals surface area contributed by atoms with Crippen molar-refractivity contribution in [3.63, 3.8) is 0 Å². The summed E-state index contributed by atoms with van der Waals surface area (Å²) >= 11 is 3.44. The van der Waals surface area contributed by atoms with Crippen molar-refractivity contribution in [1.82, 2.24) is 5.32 Å². The Hall–Kier alpha value is -1.23. The topological polar surface area (TPSA) is 12.0 Å². The molecule has 0 fully saturated rings. The van der Waals surface area contributed by atoms with E-state index in [0.717, 1.165) is 29.5 Å².